The van der Waals surface area contributed by atoms with Gasteiger partial charge in [-0.05, 0) is 96.3 Å². The van der Waals surface area contributed by atoms with Crippen LogP contribution in [0.1, 0.15) is 18.2 Å². The van der Waals surface area contributed by atoms with Gasteiger partial charge in [0.1, 0.15) is 0 Å². The first-order valence-corrected chi connectivity index (χ1v) is 17.3. The molecule has 9 aromatic rings. The Balaban J connectivity index is 1.38. The van der Waals surface area contributed by atoms with Gasteiger partial charge < -0.3 is 9.13 Å². The van der Waals surface area contributed by atoms with Crippen LogP contribution in [0.25, 0.3) is 83.5 Å². The minimum absolute atomic E-state index is 1.16. The molecule has 0 saturated heterocycles. The molecule has 0 unspecified atom stereocenters. The largest absolute Gasteiger partial charge is 0.309 e. The standard InChI is InChI=1S/C48H36N2/c1-3-17-45-33(2)40-25-15-26-41(47(40)49(45)38-20-9-5-10-21-38)36-30-35(34-18-7-4-8-19-34)31-37(32-36)42-27-16-28-44-43-24-13-14-29-46(43)50(48(42)44)39-22-11-6-12-23-39/h3-32H,1-2H3/b17-3-. The Morgan fingerprint density at radius 2 is 0.920 bits per heavy atom. The lowest BCUT2D eigenvalue weighted by molar-refractivity contribution is 1.10. The van der Waals surface area contributed by atoms with E-state index in [1.807, 2.05) is 0 Å². The molecule has 0 amide bonds. The Morgan fingerprint density at radius 3 is 1.56 bits per heavy atom. The molecule has 9 rings (SSSR count). The molecular formula is C48H36N2. The predicted molar refractivity (Wildman–Crippen MR) is 213 cm³/mol. The fourth-order valence-corrected chi connectivity index (χ4v) is 7.78. The van der Waals surface area contributed by atoms with Crippen molar-refractivity contribution in [2.45, 2.75) is 13.8 Å². The van der Waals surface area contributed by atoms with Gasteiger partial charge in [0.05, 0.1) is 16.6 Å². The average Bonchev–Trinajstić information content (AvgIpc) is 3.67. The predicted octanol–water partition coefficient (Wildman–Crippen LogP) is 13.1. The summed E-state index contributed by atoms with van der Waals surface area (Å²) in [4.78, 5) is 0. The molecule has 0 aliphatic carbocycles. The minimum Gasteiger partial charge on any atom is -0.309 e. The second-order valence-corrected chi connectivity index (χ2v) is 12.9. The van der Waals surface area contributed by atoms with Crippen molar-refractivity contribution in [2.24, 2.45) is 0 Å². The van der Waals surface area contributed by atoms with Crippen LogP contribution in [0.4, 0.5) is 0 Å². The first kappa shape index (κ1) is 29.7. The second-order valence-electron chi connectivity index (χ2n) is 12.9. The number of aromatic nitrogens is 2. The summed E-state index contributed by atoms with van der Waals surface area (Å²) in [5.41, 5.74) is 15.6. The molecule has 2 aromatic heterocycles. The quantitative estimate of drug-likeness (QED) is 0.171. The highest BCUT2D eigenvalue weighted by molar-refractivity contribution is 6.14. The van der Waals surface area contributed by atoms with E-state index >= 15 is 0 Å². The normalized spacial score (nSPS) is 11.7. The Bertz CT molecular complexity index is 2690. The number of benzene rings is 7. The Kier molecular flexibility index (Phi) is 7.29. The summed E-state index contributed by atoms with van der Waals surface area (Å²) in [5.74, 6) is 0. The Morgan fingerprint density at radius 1 is 0.420 bits per heavy atom. The zero-order valence-electron chi connectivity index (χ0n) is 28.2. The number of fused-ring (bicyclic) bond motifs is 4. The molecule has 0 spiro atoms. The molecule has 0 fully saturated rings. The van der Waals surface area contributed by atoms with Gasteiger partial charge in [0.2, 0.25) is 0 Å². The molecule has 50 heavy (non-hydrogen) atoms. The molecule has 2 heterocycles. The Hall–Kier alpha value is -6.38. The third-order valence-corrected chi connectivity index (χ3v) is 10.00. The second kappa shape index (κ2) is 12.3. The maximum absolute atomic E-state index is 2.43. The SMILES string of the molecule is C/C=C\c1c(C)c2cccc(-c3cc(-c4ccccc4)cc(-c4cccc5c6ccccc6n(-c6ccccc6)c45)c3)c2n1-c1ccccc1. The van der Waals surface area contributed by atoms with Gasteiger partial charge in [0.25, 0.3) is 0 Å². The van der Waals surface area contributed by atoms with Crippen molar-refractivity contribution in [3.05, 3.63) is 187 Å². The first-order valence-electron chi connectivity index (χ1n) is 17.3. The molecule has 0 atom stereocenters. The van der Waals surface area contributed by atoms with Crippen molar-refractivity contribution >= 4 is 38.8 Å². The summed E-state index contributed by atoms with van der Waals surface area (Å²) in [7, 11) is 0. The summed E-state index contributed by atoms with van der Waals surface area (Å²) < 4.78 is 4.87. The van der Waals surface area contributed by atoms with E-state index < -0.39 is 0 Å². The third-order valence-electron chi connectivity index (χ3n) is 10.00. The van der Waals surface area contributed by atoms with Crippen LogP contribution in [0.5, 0.6) is 0 Å². The summed E-state index contributed by atoms with van der Waals surface area (Å²) in [5, 5.41) is 3.77. The molecule has 0 radical (unpaired) electrons. The molecule has 0 saturated carbocycles. The van der Waals surface area contributed by atoms with Crippen molar-refractivity contribution in [1.82, 2.24) is 9.13 Å². The van der Waals surface area contributed by atoms with Gasteiger partial charge in [0, 0.05) is 44.4 Å². The molecule has 2 nitrogen and oxygen atoms in total. The zero-order valence-corrected chi connectivity index (χ0v) is 28.2. The molecule has 2 heteroatoms. The average molecular weight is 641 g/mol. The molecule has 0 N–H and O–H groups in total. The number of para-hydroxylation sites is 5. The topological polar surface area (TPSA) is 9.86 Å². The van der Waals surface area contributed by atoms with Gasteiger partial charge in [-0.1, -0.05) is 127 Å². The molecule has 0 aliphatic rings. The fraction of sp³-hybridized carbons (Fsp3) is 0.0417. The lowest BCUT2D eigenvalue weighted by atomic mass is 9.91. The van der Waals surface area contributed by atoms with Crippen LogP contribution >= 0.6 is 0 Å². The molecule has 0 aliphatic heterocycles. The first-order chi connectivity index (χ1) is 24.7. The van der Waals surface area contributed by atoms with Crippen LogP contribution < -0.4 is 0 Å². The van der Waals surface area contributed by atoms with E-state index in [1.54, 1.807) is 0 Å². The number of allylic oxidation sites excluding steroid dienone is 1. The summed E-state index contributed by atoms with van der Waals surface area (Å²) in [6.45, 7) is 4.34. The molecule has 7 aromatic carbocycles. The third kappa shape index (κ3) is 4.80. The Labute approximate surface area is 292 Å². The molecule has 0 bridgehead atoms. The number of aryl methyl sites for hydroxylation is 1. The van der Waals surface area contributed by atoms with Gasteiger partial charge in [0.15, 0.2) is 0 Å². The van der Waals surface area contributed by atoms with Gasteiger partial charge in [-0.3, -0.25) is 0 Å². The maximum Gasteiger partial charge on any atom is 0.0619 e. The summed E-state index contributed by atoms with van der Waals surface area (Å²) >= 11 is 0. The number of hydrogen-bond acceptors (Lipinski definition) is 0. The highest BCUT2D eigenvalue weighted by atomic mass is 15.0. The van der Waals surface area contributed by atoms with E-state index in [9.17, 15) is 0 Å². The highest BCUT2D eigenvalue weighted by Crippen LogP contribution is 2.43. The van der Waals surface area contributed by atoms with Crippen molar-refractivity contribution in [3.63, 3.8) is 0 Å². The van der Waals surface area contributed by atoms with Gasteiger partial charge in [-0.2, -0.15) is 0 Å². The van der Waals surface area contributed by atoms with E-state index in [0.717, 1.165) is 11.4 Å². The van der Waals surface area contributed by atoms with Crippen molar-refractivity contribution in [2.75, 3.05) is 0 Å². The summed E-state index contributed by atoms with van der Waals surface area (Å²) in [6, 6.07) is 61.7. The van der Waals surface area contributed by atoms with E-state index in [2.05, 4.69) is 205 Å². The number of rotatable bonds is 6. The van der Waals surface area contributed by atoms with E-state index in [-0.39, 0.29) is 0 Å². The number of hydrogen-bond donors (Lipinski definition) is 0. The van der Waals surface area contributed by atoms with E-state index in [0.29, 0.717) is 0 Å². The smallest absolute Gasteiger partial charge is 0.0619 e. The lowest BCUT2D eigenvalue weighted by Crippen LogP contribution is -1.98. The zero-order chi connectivity index (χ0) is 33.6. The fourth-order valence-electron chi connectivity index (χ4n) is 7.78. The van der Waals surface area contributed by atoms with Crippen LogP contribution in [-0.2, 0) is 0 Å². The van der Waals surface area contributed by atoms with Crippen LogP contribution in [0.15, 0.2) is 176 Å². The van der Waals surface area contributed by atoms with E-state index in [1.165, 1.54) is 77.3 Å². The minimum atomic E-state index is 1.16. The van der Waals surface area contributed by atoms with E-state index in [4.69, 9.17) is 0 Å². The van der Waals surface area contributed by atoms with Crippen molar-refractivity contribution in [3.8, 4) is 44.8 Å². The van der Waals surface area contributed by atoms with Crippen molar-refractivity contribution < 1.29 is 0 Å². The maximum atomic E-state index is 2.43. The highest BCUT2D eigenvalue weighted by Gasteiger charge is 2.21. The van der Waals surface area contributed by atoms with Gasteiger partial charge in [-0.15, -0.1) is 0 Å². The van der Waals surface area contributed by atoms with Crippen LogP contribution in [-0.4, -0.2) is 9.13 Å². The van der Waals surface area contributed by atoms with Crippen LogP contribution in [0.2, 0.25) is 0 Å². The molecule has 238 valence electrons. The number of nitrogens with zero attached hydrogens (tertiary/aromatic N) is 2. The monoisotopic (exact) mass is 640 g/mol. The van der Waals surface area contributed by atoms with Gasteiger partial charge in [-0.25, -0.2) is 0 Å². The lowest BCUT2D eigenvalue weighted by Gasteiger charge is -2.16. The van der Waals surface area contributed by atoms with Crippen LogP contribution in [0.3, 0.4) is 0 Å². The van der Waals surface area contributed by atoms with Crippen molar-refractivity contribution in [1.29, 1.82) is 0 Å². The van der Waals surface area contributed by atoms with Gasteiger partial charge >= 0.3 is 0 Å². The molecular weight excluding hydrogens is 605 g/mol. The van der Waals surface area contributed by atoms with Crippen LogP contribution in [0, 0.1) is 6.92 Å². The summed E-state index contributed by atoms with van der Waals surface area (Å²) in [6.07, 6.45) is 4.38.